The molecule has 2 unspecified atom stereocenters. The molecule has 0 aliphatic rings. The van der Waals surface area contributed by atoms with E-state index in [-0.39, 0.29) is 24.4 Å². The van der Waals surface area contributed by atoms with E-state index in [1.54, 1.807) is 0 Å². The van der Waals surface area contributed by atoms with Crippen molar-refractivity contribution in [3.8, 4) is 0 Å². The van der Waals surface area contributed by atoms with Crippen molar-refractivity contribution >= 4 is 24.4 Å². The average Bonchev–Trinajstić information content (AvgIpc) is 3.43. The molecule has 0 aliphatic heterocycles. The lowest BCUT2D eigenvalue weighted by atomic mass is 9.78. The van der Waals surface area contributed by atoms with Crippen LogP contribution in [0.4, 0.5) is 19.2 Å². The largest absolute Gasteiger partial charge is 0.502 e. The number of hydrogen-bond donors (Lipinski definition) is 4. The van der Waals surface area contributed by atoms with Crippen LogP contribution in [-0.4, -0.2) is 90.2 Å². The number of carbonyl (C=O) groups excluding carboxylic acids is 4. The third kappa shape index (κ3) is 56.9. The fourth-order valence-corrected chi connectivity index (χ4v) is 9.96. The molecule has 0 spiro atoms. The minimum atomic E-state index is -0.375. The molecule has 0 saturated heterocycles. The highest BCUT2D eigenvalue weighted by molar-refractivity contribution is 5.68. The van der Waals surface area contributed by atoms with Crippen molar-refractivity contribution in [3.05, 3.63) is 25.7 Å². The van der Waals surface area contributed by atoms with Crippen LogP contribution >= 0.6 is 0 Å². The standard InChI is InChI=1S/C64H122N4O10/c1-5-9-11-13-21-31-45-59(47-33-23-17-15-19-29-39-55-75-61(69)65-49-35-25-27-37-51-67-63(71)77-57-43-41-53-73-7-3)60(46-32-22-14-12-10-6-2)48-34-24-18-16-20-30-40-56-76-62(70)66-50-36-26-28-38-52-68-64(72)78-58-44-42-54-74-8-4/h7-8,59-60H,3-6,9-58H2,1-2H3,(H,65,69)(H,66,70)(H,67,71)(H,68,72). The first-order valence-corrected chi connectivity index (χ1v) is 32.4. The lowest BCUT2D eigenvalue weighted by Crippen LogP contribution is -2.26. The van der Waals surface area contributed by atoms with Gasteiger partial charge in [0.1, 0.15) is 0 Å². The molecule has 0 fully saturated rings. The number of hydrogen-bond acceptors (Lipinski definition) is 10. The predicted molar refractivity (Wildman–Crippen MR) is 322 cm³/mol. The van der Waals surface area contributed by atoms with Gasteiger partial charge >= 0.3 is 24.4 Å². The summed E-state index contributed by atoms with van der Waals surface area (Å²) in [5.41, 5.74) is 0. The highest BCUT2D eigenvalue weighted by Crippen LogP contribution is 2.34. The smallest absolute Gasteiger partial charge is 0.407 e. The van der Waals surface area contributed by atoms with Gasteiger partial charge in [-0.3, -0.25) is 0 Å². The monoisotopic (exact) mass is 1110 g/mol. The molecule has 0 aromatic rings. The van der Waals surface area contributed by atoms with Crippen LogP contribution in [-0.2, 0) is 28.4 Å². The number of carbonyl (C=O) groups is 4. The van der Waals surface area contributed by atoms with Crippen molar-refractivity contribution in [3.63, 3.8) is 0 Å². The van der Waals surface area contributed by atoms with Crippen LogP contribution in [0.25, 0.3) is 0 Å². The number of rotatable bonds is 61. The molecule has 0 heterocycles. The van der Waals surface area contributed by atoms with Gasteiger partial charge in [-0.2, -0.15) is 0 Å². The van der Waals surface area contributed by atoms with Crippen LogP contribution in [0.5, 0.6) is 0 Å². The van der Waals surface area contributed by atoms with Gasteiger partial charge in [0.2, 0.25) is 0 Å². The highest BCUT2D eigenvalue weighted by Gasteiger charge is 2.21. The summed E-state index contributed by atoms with van der Waals surface area (Å²) in [6.07, 6.45) is 51.2. The molecule has 0 bridgehead atoms. The summed E-state index contributed by atoms with van der Waals surface area (Å²) >= 11 is 0. The lowest BCUT2D eigenvalue weighted by Gasteiger charge is -2.28. The van der Waals surface area contributed by atoms with Gasteiger partial charge in [-0.15, -0.1) is 0 Å². The zero-order valence-electron chi connectivity index (χ0n) is 50.6. The molecule has 458 valence electrons. The average molecular weight is 1110 g/mol. The fourth-order valence-electron chi connectivity index (χ4n) is 9.96. The first-order valence-electron chi connectivity index (χ1n) is 32.4. The second-order valence-electron chi connectivity index (χ2n) is 21.7. The summed E-state index contributed by atoms with van der Waals surface area (Å²) in [6, 6.07) is 0. The Morgan fingerprint density at radius 1 is 0.295 bits per heavy atom. The Bertz CT molecular complexity index is 1240. The third-order valence-electron chi connectivity index (χ3n) is 14.7. The zero-order chi connectivity index (χ0) is 56.7. The summed E-state index contributed by atoms with van der Waals surface area (Å²) in [5, 5.41) is 11.3. The van der Waals surface area contributed by atoms with Crippen molar-refractivity contribution in [2.24, 2.45) is 11.8 Å². The van der Waals surface area contributed by atoms with Gasteiger partial charge in [-0.1, -0.05) is 232 Å². The molecule has 14 nitrogen and oxygen atoms in total. The molecule has 0 aromatic heterocycles. The van der Waals surface area contributed by atoms with Crippen LogP contribution in [0.1, 0.15) is 284 Å². The van der Waals surface area contributed by atoms with E-state index < -0.39 is 0 Å². The Balaban J connectivity index is 4.35. The van der Waals surface area contributed by atoms with E-state index >= 15 is 0 Å². The summed E-state index contributed by atoms with van der Waals surface area (Å²) in [5.74, 6) is 1.74. The molecule has 14 heteroatoms. The Morgan fingerprint density at radius 3 is 0.756 bits per heavy atom. The maximum absolute atomic E-state index is 12.2. The third-order valence-corrected chi connectivity index (χ3v) is 14.7. The molecule has 4 N–H and O–H groups in total. The number of nitrogens with one attached hydrogen (secondary N) is 4. The Morgan fingerprint density at radius 2 is 0.500 bits per heavy atom. The van der Waals surface area contributed by atoms with Crippen molar-refractivity contribution in [1.29, 1.82) is 0 Å². The number of ether oxygens (including phenoxy) is 6. The van der Waals surface area contributed by atoms with E-state index in [9.17, 15) is 19.2 Å². The lowest BCUT2D eigenvalue weighted by molar-refractivity contribution is 0.139. The van der Waals surface area contributed by atoms with Gasteiger partial charge in [-0.05, 0) is 76.0 Å². The second kappa shape index (κ2) is 62.4. The topological polar surface area (TPSA) is 172 Å². The first-order chi connectivity index (χ1) is 38.4. The van der Waals surface area contributed by atoms with Crippen LogP contribution < -0.4 is 21.3 Å². The summed E-state index contributed by atoms with van der Waals surface area (Å²) in [7, 11) is 0. The molecule has 78 heavy (non-hydrogen) atoms. The quantitative estimate of drug-likeness (QED) is 0.0261. The second-order valence-corrected chi connectivity index (χ2v) is 21.7. The van der Waals surface area contributed by atoms with Gasteiger partial charge in [0, 0.05) is 26.2 Å². The van der Waals surface area contributed by atoms with Crippen LogP contribution in [0.2, 0.25) is 0 Å². The van der Waals surface area contributed by atoms with Crippen molar-refractivity contribution in [2.75, 3.05) is 65.8 Å². The predicted octanol–water partition coefficient (Wildman–Crippen LogP) is 17.9. The van der Waals surface area contributed by atoms with E-state index in [4.69, 9.17) is 28.4 Å². The molecule has 4 amide bonds. The molecule has 0 rings (SSSR count). The first kappa shape index (κ1) is 74.2. The van der Waals surface area contributed by atoms with Crippen molar-refractivity contribution in [1.82, 2.24) is 21.3 Å². The Kier molecular flexibility index (Phi) is 59.3. The van der Waals surface area contributed by atoms with Crippen molar-refractivity contribution in [2.45, 2.75) is 284 Å². The molecule has 2 atom stereocenters. The van der Waals surface area contributed by atoms with Gasteiger partial charge in [0.25, 0.3) is 0 Å². The summed E-state index contributed by atoms with van der Waals surface area (Å²) in [4.78, 5) is 47.8. The normalized spacial score (nSPS) is 11.8. The molecule has 0 aromatic carbocycles. The molecular formula is C64H122N4O10. The molecular weight excluding hydrogens is 985 g/mol. The summed E-state index contributed by atoms with van der Waals surface area (Å²) < 4.78 is 31.3. The van der Waals surface area contributed by atoms with Crippen LogP contribution in [0.15, 0.2) is 25.7 Å². The fraction of sp³-hybridized carbons (Fsp3) is 0.875. The maximum Gasteiger partial charge on any atom is 0.407 e. The number of amides is 4. The van der Waals surface area contributed by atoms with Gasteiger partial charge < -0.3 is 49.7 Å². The van der Waals surface area contributed by atoms with Gasteiger partial charge in [0.05, 0.1) is 52.2 Å². The van der Waals surface area contributed by atoms with Gasteiger partial charge in [-0.25, -0.2) is 19.2 Å². The zero-order valence-corrected chi connectivity index (χ0v) is 50.6. The van der Waals surface area contributed by atoms with Crippen LogP contribution in [0, 0.1) is 11.8 Å². The molecule has 0 saturated carbocycles. The highest BCUT2D eigenvalue weighted by atomic mass is 16.6. The Hall–Kier alpha value is -3.84. The number of unbranched alkanes of at least 4 members (excludes halogenated alkanes) is 30. The minimum absolute atomic E-state index is 0.318. The van der Waals surface area contributed by atoms with E-state index in [1.807, 2.05) is 0 Å². The van der Waals surface area contributed by atoms with Gasteiger partial charge in [0.15, 0.2) is 0 Å². The minimum Gasteiger partial charge on any atom is -0.502 e. The molecule has 0 aliphatic carbocycles. The Labute approximate surface area is 478 Å². The van der Waals surface area contributed by atoms with E-state index in [0.29, 0.717) is 65.8 Å². The number of alkyl carbamates (subject to hydrolysis) is 4. The van der Waals surface area contributed by atoms with Crippen LogP contribution in [0.3, 0.4) is 0 Å². The van der Waals surface area contributed by atoms with Crippen molar-refractivity contribution < 1.29 is 47.6 Å². The van der Waals surface area contributed by atoms with E-state index in [0.717, 1.165) is 115 Å². The maximum atomic E-state index is 12.2. The van der Waals surface area contributed by atoms with E-state index in [2.05, 4.69) is 48.3 Å². The molecule has 0 radical (unpaired) electrons. The SMILES string of the molecule is C=COCCCCOC(=O)NCCCCCCNC(=O)OCCCCCCCCCC(CCCCCCCC)C(CCCCCCCC)CCCCCCCCCOC(=O)NCCCCCCNC(=O)OCCCCOC=C. The van der Waals surface area contributed by atoms with E-state index in [1.165, 1.54) is 179 Å². The summed E-state index contributed by atoms with van der Waals surface area (Å²) in [6.45, 7) is 16.9.